The first-order valence-electron chi connectivity index (χ1n) is 3.70. The van der Waals surface area contributed by atoms with Crippen LogP contribution in [0.4, 0.5) is 0 Å². The van der Waals surface area contributed by atoms with Gasteiger partial charge in [-0.25, -0.2) is 0 Å². The van der Waals surface area contributed by atoms with Gasteiger partial charge in [-0.2, -0.15) is 0 Å². The molecule has 0 unspecified atom stereocenters. The zero-order chi connectivity index (χ0) is 9.84. The molecule has 0 radical (unpaired) electrons. The van der Waals surface area contributed by atoms with Crippen molar-refractivity contribution in [2.45, 2.75) is 12.5 Å². The Labute approximate surface area is 101 Å². The van der Waals surface area contributed by atoms with Crippen molar-refractivity contribution in [3.63, 3.8) is 0 Å². The Morgan fingerprint density at radius 2 is 2.43 bits per heavy atom. The minimum Gasteiger partial charge on any atom is -0.469 e. The normalized spacial score (nSPS) is 11.6. The smallest absolute Gasteiger partial charge is 0.307 e. The Morgan fingerprint density at radius 1 is 1.79 bits per heavy atom. The third-order valence-electron chi connectivity index (χ3n) is 1.57. The Hall–Kier alpha value is -0.100. The zero-order valence-corrected chi connectivity index (χ0v) is 10.7. The minimum atomic E-state index is -0.281. The average Bonchev–Trinajstić information content (AvgIpc) is 2.51. The fraction of sp³-hybridized carbons (Fsp3) is 0.375. The first-order chi connectivity index (χ1) is 6.13. The number of esters is 1. The first-order valence-corrected chi connectivity index (χ1v) is 5.37. The van der Waals surface area contributed by atoms with E-state index in [4.69, 9.17) is 5.73 Å². The molecule has 1 rings (SSSR count). The second-order valence-corrected chi connectivity index (χ2v) is 4.41. The Balaban J connectivity index is 0.00000169. The highest BCUT2D eigenvalue weighted by Gasteiger charge is 2.13. The van der Waals surface area contributed by atoms with Crippen molar-refractivity contribution >= 4 is 45.6 Å². The highest BCUT2D eigenvalue weighted by atomic mass is 79.9. The van der Waals surface area contributed by atoms with Crippen LogP contribution >= 0.6 is 39.7 Å². The molecule has 1 atom stereocenters. The monoisotopic (exact) mass is 299 g/mol. The number of carbonyl (C=O) groups is 1. The van der Waals surface area contributed by atoms with Gasteiger partial charge in [-0.1, -0.05) is 0 Å². The topological polar surface area (TPSA) is 52.3 Å². The molecule has 0 saturated carbocycles. The molecule has 0 aliphatic carbocycles. The van der Waals surface area contributed by atoms with Crippen LogP contribution in [0.3, 0.4) is 0 Å². The number of rotatable bonds is 3. The molecule has 0 saturated heterocycles. The van der Waals surface area contributed by atoms with Crippen molar-refractivity contribution in [1.82, 2.24) is 0 Å². The summed E-state index contributed by atoms with van der Waals surface area (Å²) in [5.74, 6) is -0.281. The molecule has 0 spiro atoms. The quantitative estimate of drug-likeness (QED) is 0.873. The van der Waals surface area contributed by atoms with E-state index < -0.39 is 0 Å². The summed E-state index contributed by atoms with van der Waals surface area (Å²) in [6, 6.07) is 1.65. The minimum absolute atomic E-state index is 0. The van der Waals surface area contributed by atoms with Gasteiger partial charge in [-0.15, -0.1) is 23.7 Å². The molecule has 0 aliphatic rings. The SMILES string of the molecule is COC(=O)C[C@@H](N)c1cc(Br)cs1.Cl. The molecule has 1 heterocycles. The maximum absolute atomic E-state index is 10.9. The van der Waals surface area contributed by atoms with E-state index in [9.17, 15) is 4.79 Å². The van der Waals surface area contributed by atoms with Gasteiger partial charge in [0.15, 0.2) is 0 Å². The van der Waals surface area contributed by atoms with E-state index in [0.717, 1.165) is 9.35 Å². The molecule has 80 valence electrons. The Bertz CT molecular complexity index is 305. The van der Waals surface area contributed by atoms with Gasteiger partial charge in [0.1, 0.15) is 0 Å². The lowest BCUT2D eigenvalue weighted by Crippen LogP contribution is -2.15. The highest BCUT2D eigenvalue weighted by Crippen LogP contribution is 2.25. The van der Waals surface area contributed by atoms with Gasteiger partial charge in [0.2, 0.25) is 0 Å². The zero-order valence-electron chi connectivity index (χ0n) is 7.53. The van der Waals surface area contributed by atoms with Crippen LogP contribution in [-0.2, 0) is 9.53 Å². The van der Waals surface area contributed by atoms with Crippen molar-refractivity contribution in [2.24, 2.45) is 5.73 Å². The molecule has 1 aromatic heterocycles. The van der Waals surface area contributed by atoms with E-state index in [1.54, 1.807) is 0 Å². The number of hydrogen-bond donors (Lipinski definition) is 1. The molecule has 0 bridgehead atoms. The van der Waals surface area contributed by atoms with E-state index in [-0.39, 0.29) is 30.8 Å². The highest BCUT2D eigenvalue weighted by molar-refractivity contribution is 9.10. The summed E-state index contributed by atoms with van der Waals surface area (Å²) in [6.45, 7) is 0. The molecular formula is C8H11BrClNO2S. The number of ether oxygens (including phenoxy) is 1. The summed E-state index contributed by atoms with van der Waals surface area (Å²) in [5, 5.41) is 1.94. The fourth-order valence-corrected chi connectivity index (χ4v) is 2.33. The van der Waals surface area contributed by atoms with Crippen LogP contribution in [0.1, 0.15) is 17.3 Å². The van der Waals surface area contributed by atoms with Crippen LogP contribution in [0.15, 0.2) is 15.9 Å². The molecule has 0 aromatic carbocycles. The van der Waals surface area contributed by atoms with Gasteiger partial charge in [0.05, 0.1) is 13.5 Å². The Morgan fingerprint density at radius 3 is 2.86 bits per heavy atom. The maximum atomic E-state index is 10.9. The largest absolute Gasteiger partial charge is 0.469 e. The van der Waals surface area contributed by atoms with Crippen molar-refractivity contribution in [1.29, 1.82) is 0 Å². The van der Waals surface area contributed by atoms with Gasteiger partial charge >= 0.3 is 5.97 Å². The van der Waals surface area contributed by atoms with Gasteiger partial charge in [0, 0.05) is 20.8 Å². The summed E-state index contributed by atoms with van der Waals surface area (Å²) in [7, 11) is 1.36. The molecule has 14 heavy (non-hydrogen) atoms. The molecule has 1 aromatic rings. The Kier molecular flexibility index (Phi) is 6.35. The summed E-state index contributed by atoms with van der Waals surface area (Å²) < 4.78 is 5.52. The number of halogens is 2. The molecule has 0 amide bonds. The number of carbonyl (C=O) groups excluding carboxylic acids is 1. The number of hydrogen-bond acceptors (Lipinski definition) is 4. The predicted octanol–water partition coefficient (Wildman–Crippen LogP) is 2.50. The van der Waals surface area contributed by atoms with Crippen molar-refractivity contribution in [3.8, 4) is 0 Å². The van der Waals surface area contributed by atoms with Gasteiger partial charge in [-0.3, -0.25) is 4.79 Å². The second-order valence-electron chi connectivity index (χ2n) is 2.55. The molecule has 0 fully saturated rings. The average molecular weight is 301 g/mol. The van der Waals surface area contributed by atoms with Gasteiger partial charge in [0.25, 0.3) is 0 Å². The molecular weight excluding hydrogens is 290 g/mol. The lowest BCUT2D eigenvalue weighted by molar-refractivity contribution is -0.141. The van der Waals surface area contributed by atoms with E-state index in [1.807, 2.05) is 11.4 Å². The van der Waals surface area contributed by atoms with Gasteiger partial charge < -0.3 is 10.5 Å². The van der Waals surface area contributed by atoms with Crippen molar-refractivity contribution < 1.29 is 9.53 Å². The number of thiophene rings is 1. The van der Waals surface area contributed by atoms with Crippen molar-refractivity contribution in [3.05, 3.63) is 20.8 Å². The third kappa shape index (κ3) is 3.96. The first kappa shape index (κ1) is 13.9. The summed E-state index contributed by atoms with van der Waals surface area (Å²) in [5.41, 5.74) is 5.77. The van der Waals surface area contributed by atoms with Crippen LogP contribution in [0.5, 0.6) is 0 Å². The number of nitrogens with two attached hydrogens (primary N) is 1. The fourth-order valence-electron chi connectivity index (χ4n) is 0.886. The molecule has 0 aliphatic heterocycles. The van der Waals surface area contributed by atoms with E-state index in [2.05, 4.69) is 20.7 Å². The molecule has 6 heteroatoms. The summed E-state index contributed by atoms with van der Waals surface area (Å²) in [6.07, 6.45) is 0.226. The van der Waals surface area contributed by atoms with E-state index in [0.29, 0.717) is 0 Å². The van der Waals surface area contributed by atoms with Crippen LogP contribution in [0.2, 0.25) is 0 Å². The van der Waals surface area contributed by atoms with Crippen molar-refractivity contribution in [2.75, 3.05) is 7.11 Å². The standard InChI is InChI=1S/C8H10BrNO2S.ClH/c1-12-8(11)3-6(10)7-2-5(9)4-13-7;/h2,4,6H,3,10H2,1H3;1H/t6-;/m1./s1. The second kappa shape index (κ2) is 6.40. The number of methoxy groups -OCH3 is 1. The maximum Gasteiger partial charge on any atom is 0.307 e. The molecule has 3 nitrogen and oxygen atoms in total. The van der Waals surface area contributed by atoms with Gasteiger partial charge in [-0.05, 0) is 22.0 Å². The third-order valence-corrected chi connectivity index (χ3v) is 3.39. The van der Waals surface area contributed by atoms with Crippen LogP contribution in [-0.4, -0.2) is 13.1 Å². The van der Waals surface area contributed by atoms with E-state index in [1.165, 1.54) is 18.4 Å². The summed E-state index contributed by atoms with van der Waals surface area (Å²) in [4.78, 5) is 11.9. The van der Waals surface area contributed by atoms with Crippen LogP contribution < -0.4 is 5.73 Å². The van der Waals surface area contributed by atoms with E-state index >= 15 is 0 Å². The van der Waals surface area contributed by atoms with Crippen LogP contribution in [0, 0.1) is 0 Å². The lowest BCUT2D eigenvalue weighted by Gasteiger charge is -2.06. The predicted molar refractivity (Wildman–Crippen MR) is 62.8 cm³/mol. The van der Waals surface area contributed by atoms with Crippen LogP contribution in [0.25, 0.3) is 0 Å². The lowest BCUT2D eigenvalue weighted by atomic mass is 10.2. The summed E-state index contributed by atoms with van der Waals surface area (Å²) >= 11 is 4.85. The molecule has 2 N–H and O–H groups in total.